The van der Waals surface area contributed by atoms with E-state index in [9.17, 15) is 17.2 Å². The third-order valence-corrected chi connectivity index (χ3v) is 5.77. The van der Waals surface area contributed by atoms with Crippen molar-refractivity contribution in [3.05, 3.63) is 41.5 Å². The first-order valence-electron chi connectivity index (χ1n) is 7.13. The van der Waals surface area contributed by atoms with Crippen LogP contribution >= 0.6 is 0 Å². The molecule has 0 N–H and O–H groups in total. The van der Waals surface area contributed by atoms with Crippen molar-refractivity contribution in [2.45, 2.75) is 30.6 Å². The topological polar surface area (TPSA) is 76.3 Å². The molecule has 0 atom stereocenters. The molecule has 0 spiro atoms. The highest BCUT2D eigenvalue weighted by atomic mass is 32.2. The van der Waals surface area contributed by atoms with Gasteiger partial charge in [-0.3, -0.25) is 0 Å². The van der Waals surface area contributed by atoms with E-state index in [0.717, 1.165) is 12.1 Å². The van der Waals surface area contributed by atoms with E-state index in [-0.39, 0.29) is 23.9 Å². The van der Waals surface area contributed by atoms with Crippen LogP contribution in [0.25, 0.3) is 0 Å². The summed E-state index contributed by atoms with van der Waals surface area (Å²) < 4.78 is 57.6. The van der Waals surface area contributed by atoms with E-state index in [2.05, 4.69) is 10.1 Å². The SMILES string of the molecule is Cc1noc(C2CCN(S(=O)(=O)c3ccc(F)c(F)c3)CC2)n1. The maximum Gasteiger partial charge on any atom is 0.243 e. The first-order valence-corrected chi connectivity index (χ1v) is 8.57. The number of hydrogen-bond donors (Lipinski definition) is 0. The van der Waals surface area contributed by atoms with Crippen molar-refractivity contribution in [2.75, 3.05) is 13.1 Å². The summed E-state index contributed by atoms with van der Waals surface area (Å²) in [6, 6.07) is 2.59. The van der Waals surface area contributed by atoms with Crippen LogP contribution in [0, 0.1) is 18.6 Å². The smallest absolute Gasteiger partial charge is 0.243 e. The summed E-state index contributed by atoms with van der Waals surface area (Å²) in [4.78, 5) is 3.92. The van der Waals surface area contributed by atoms with Crippen LogP contribution in [0.3, 0.4) is 0 Å². The third-order valence-electron chi connectivity index (χ3n) is 3.88. The Morgan fingerprint density at radius 3 is 2.48 bits per heavy atom. The minimum absolute atomic E-state index is 0.00704. The molecule has 23 heavy (non-hydrogen) atoms. The predicted octanol–water partition coefficient (Wildman–Crippen LogP) is 2.22. The molecule has 0 bridgehead atoms. The van der Waals surface area contributed by atoms with Gasteiger partial charge in [-0.05, 0) is 38.0 Å². The van der Waals surface area contributed by atoms with Gasteiger partial charge >= 0.3 is 0 Å². The van der Waals surface area contributed by atoms with E-state index in [1.54, 1.807) is 6.92 Å². The lowest BCUT2D eigenvalue weighted by Crippen LogP contribution is -2.38. The largest absolute Gasteiger partial charge is 0.339 e. The molecular formula is C14H15F2N3O3S. The molecule has 0 saturated carbocycles. The second-order valence-electron chi connectivity index (χ2n) is 5.43. The van der Waals surface area contributed by atoms with Gasteiger partial charge in [0.1, 0.15) is 0 Å². The van der Waals surface area contributed by atoms with Crippen molar-refractivity contribution >= 4 is 10.0 Å². The highest BCUT2D eigenvalue weighted by molar-refractivity contribution is 7.89. The van der Waals surface area contributed by atoms with Gasteiger partial charge in [-0.1, -0.05) is 5.16 Å². The average molecular weight is 343 g/mol. The number of sulfonamides is 1. The Morgan fingerprint density at radius 2 is 1.91 bits per heavy atom. The van der Waals surface area contributed by atoms with Crippen LogP contribution in [-0.4, -0.2) is 36.0 Å². The molecule has 1 aromatic carbocycles. The molecule has 1 saturated heterocycles. The zero-order valence-corrected chi connectivity index (χ0v) is 13.2. The monoisotopic (exact) mass is 343 g/mol. The van der Waals surface area contributed by atoms with Gasteiger partial charge in [0.25, 0.3) is 0 Å². The van der Waals surface area contributed by atoms with Crippen LogP contribution < -0.4 is 0 Å². The maximum atomic E-state index is 13.3. The van der Waals surface area contributed by atoms with Gasteiger partial charge in [0.05, 0.1) is 4.90 Å². The second kappa shape index (κ2) is 5.97. The van der Waals surface area contributed by atoms with Crippen LogP contribution in [-0.2, 0) is 10.0 Å². The number of halogens is 2. The van der Waals surface area contributed by atoms with Gasteiger partial charge < -0.3 is 4.52 Å². The lowest BCUT2D eigenvalue weighted by Gasteiger charge is -2.29. The van der Waals surface area contributed by atoms with Crippen molar-refractivity contribution in [2.24, 2.45) is 0 Å². The standard InChI is InChI=1S/C14H15F2N3O3S/c1-9-17-14(22-18-9)10-4-6-19(7-5-10)23(20,21)11-2-3-12(15)13(16)8-11/h2-3,8,10H,4-7H2,1H3. The highest BCUT2D eigenvalue weighted by Gasteiger charge is 2.32. The molecule has 0 radical (unpaired) electrons. The van der Waals surface area contributed by atoms with E-state index < -0.39 is 21.7 Å². The van der Waals surface area contributed by atoms with Crippen molar-refractivity contribution in [1.29, 1.82) is 0 Å². The fourth-order valence-electron chi connectivity index (χ4n) is 2.61. The molecule has 0 unspecified atom stereocenters. The van der Waals surface area contributed by atoms with Gasteiger partial charge in [-0.25, -0.2) is 17.2 Å². The second-order valence-corrected chi connectivity index (χ2v) is 7.37. The summed E-state index contributed by atoms with van der Waals surface area (Å²) in [5.74, 6) is -1.20. The van der Waals surface area contributed by atoms with Gasteiger partial charge in [-0.2, -0.15) is 9.29 Å². The number of hydrogen-bond acceptors (Lipinski definition) is 5. The Hall–Kier alpha value is -1.87. The Labute approximate surface area is 132 Å². The van der Waals surface area contributed by atoms with Crippen molar-refractivity contribution < 1.29 is 21.7 Å². The van der Waals surface area contributed by atoms with Crippen LogP contribution in [0.2, 0.25) is 0 Å². The molecule has 6 nitrogen and oxygen atoms in total. The maximum absolute atomic E-state index is 13.3. The molecular weight excluding hydrogens is 328 g/mol. The number of nitrogens with zero attached hydrogens (tertiary/aromatic N) is 3. The first-order chi connectivity index (χ1) is 10.9. The molecule has 2 aromatic rings. The number of rotatable bonds is 3. The van der Waals surface area contributed by atoms with Crippen LogP contribution in [0.1, 0.15) is 30.5 Å². The number of aryl methyl sites for hydroxylation is 1. The molecule has 1 aliphatic rings. The number of aromatic nitrogens is 2. The molecule has 9 heteroatoms. The Morgan fingerprint density at radius 1 is 1.22 bits per heavy atom. The molecule has 1 aliphatic heterocycles. The molecule has 2 heterocycles. The summed E-state index contributed by atoms with van der Waals surface area (Å²) in [6.45, 7) is 2.23. The highest BCUT2D eigenvalue weighted by Crippen LogP contribution is 2.30. The normalized spacial score (nSPS) is 17.5. The molecule has 0 amide bonds. The molecule has 1 aromatic heterocycles. The van der Waals surface area contributed by atoms with Crippen LogP contribution in [0.4, 0.5) is 8.78 Å². The minimum Gasteiger partial charge on any atom is -0.339 e. The van der Waals surface area contributed by atoms with E-state index in [0.29, 0.717) is 30.6 Å². The van der Waals surface area contributed by atoms with Crippen molar-refractivity contribution in [3.8, 4) is 0 Å². The van der Waals surface area contributed by atoms with Crippen LogP contribution in [0.15, 0.2) is 27.6 Å². The Bertz CT molecular complexity index is 814. The average Bonchev–Trinajstić information content (AvgIpc) is 2.96. The summed E-state index contributed by atoms with van der Waals surface area (Å²) in [6.07, 6.45) is 1.06. The molecule has 1 fully saturated rings. The number of benzene rings is 1. The summed E-state index contributed by atoms with van der Waals surface area (Å²) in [5.41, 5.74) is 0. The van der Waals surface area contributed by atoms with Gasteiger partial charge in [-0.15, -0.1) is 0 Å². The lowest BCUT2D eigenvalue weighted by atomic mass is 9.98. The fraction of sp³-hybridized carbons (Fsp3) is 0.429. The van der Waals surface area contributed by atoms with Gasteiger partial charge in [0, 0.05) is 19.0 Å². The Kier molecular flexibility index (Phi) is 4.15. The first kappa shape index (κ1) is 16.0. The molecule has 3 rings (SSSR count). The van der Waals surface area contributed by atoms with Crippen LogP contribution in [0.5, 0.6) is 0 Å². The van der Waals surface area contributed by atoms with Crippen molar-refractivity contribution in [3.63, 3.8) is 0 Å². The molecule has 0 aliphatic carbocycles. The van der Waals surface area contributed by atoms with E-state index in [1.807, 2.05) is 0 Å². The van der Waals surface area contributed by atoms with Gasteiger partial charge in [0.15, 0.2) is 17.5 Å². The summed E-state index contributed by atoms with van der Waals surface area (Å²) in [5, 5.41) is 3.73. The van der Waals surface area contributed by atoms with E-state index in [1.165, 1.54) is 4.31 Å². The molecule has 124 valence electrons. The van der Waals surface area contributed by atoms with E-state index >= 15 is 0 Å². The summed E-state index contributed by atoms with van der Waals surface area (Å²) in [7, 11) is -3.84. The minimum atomic E-state index is -3.84. The number of piperidine rings is 1. The van der Waals surface area contributed by atoms with Crippen molar-refractivity contribution in [1.82, 2.24) is 14.4 Å². The fourth-order valence-corrected chi connectivity index (χ4v) is 4.09. The summed E-state index contributed by atoms with van der Waals surface area (Å²) >= 11 is 0. The Balaban J connectivity index is 1.74. The predicted molar refractivity (Wildman–Crippen MR) is 76.1 cm³/mol. The van der Waals surface area contributed by atoms with E-state index in [4.69, 9.17) is 4.52 Å². The zero-order chi connectivity index (χ0) is 16.6. The third kappa shape index (κ3) is 3.11. The van der Waals surface area contributed by atoms with Gasteiger partial charge in [0.2, 0.25) is 15.9 Å². The zero-order valence-electron chi connectivity index (χ0n) is 12.4. The lowest BCUT2D eigenvalue weighted by molar-refractivity contribution is 0.270. The quantitative estimate of drug-likeness (QED) is 0.854.